The van der Waals surface area contributed by atoms with Crippen LogP contribution in [0.1, 0.15) is 19.8 Å². The summed E-state index contributed by atoms with van der Waals surface area (Å²) in [5, 5.41) is 0. The minimum atomic E-state index is -0.664. The topological polar surface area (TPSA) is 46.3 Å². The zero-order chi connectivity index (χ0) is 10.3. The molecule has 4 heteroatoms. The Kier molecular flexibility index (Phi) is 7.51. The van der Waals surface area contributed by atoms with Crippen LogP contribution in [0, 0.1) is 0 Å². The van der Waals surface area contributed by atoms with Gasteiger partial charge in [0.15, 0.2) is 0 Å². The summed E-state index contributed by atoms with van der Waals surface area (Å²) in [6.07, 6.45) is 1.88. The van der Waals surface area contributed by atoms with E-state index in [1.165, 1.54) is 0 Å². The van der Waals surface area contributed by atoms with Gasteiger partial charge in [0.1, 0.15) is 0 Å². The summed E-state index contributed by atoms with van der Waals surface area (Å²) >= 11 is 0. The Morgan fingerprint density at radius 3 is 2.46 bits per heavy atom. The first-order valence-corrected chi connectivity index (χ1v) is 6.26. The number of rotatable bonds is 7. The van der Waals surface area contributed by atoms with Gasteiger partial charge in [-0.2, -0.15) is 0 Å². The molecule has 0 spiro atoms. The molecule has 0 aliphatic heterocycles. The summed E-state index contributed by atoms with van der Waals surface area (Å²) in [6.45, 7) is 2.97. The average molecular weight is 206 g/mol. The third-order valence-corrected chi connectivity index (χ3v) is 3.21. The molecule has 2 unspecified atom stereocenters. The van der Waals surface area contributed by atoms with Crippen LogP contribution in [-0.2, 0) is 10.8 Å². The molecule has 3 nitrogen and oxygen atoms in total. The van der Waals surface area contributed by atoms with Crippen LogP contribution < -0.4 is 5.73 Å². The number of nitrogens with two attached hydrogens (primary N) is 1. The van der Waals surface area contributed by atoms with Gasteiger partial charge in [0.25, 0.3) is 0 Å². The molecule has 0 bridgehead atoms. The van der Waals surface area contributed by atoms with Gasteiger partial charge in [-0.1, -0.05) is 0 Å². The molecule has 0 aliphatic carbocycles. The van der Waals surface area contributed by atoms with Gasteiger partial charge < -0.3 is 10.6 Å². The van der Waals surface area contributed by atoms with Crippen LogP contribution in [0.25, 0.3) is 0 Å². The molecule has 2 atom stereocenters. The lowest BCUT2D eigenvalue weighted by Crippen LogP contribution is -2.20. The molecule has 0 heterocycles. The third-order valence-electron chi connectivity index (χ3n) is 1.78. The van der Waals surface area contributed by atoms with E-state index in [0.29, 0.717) is 0 Å². The standard InChI is InChI=1S/C9H22N2OS/c1-9(10)5-8-13(12)7-4-6-11(2)3/h9H,4-8,10H2,1-3H3. The molecule has 0 fully saturated rings. The second-order valence-corrected chi connectivity index (χ2v) is 5.47. The molecule has 2 N–H and O–H groups in total. The first-order valence-electron chi connectivity index (χ1n) is 4.77. The lowest BCUT2D eigenvalue weighted by Gasteiger charge is -2.09. The van der Waals surface area contributed by atoms with Crippen LogP contribution in [-0.4, -0.2) is 47.3 Å². The molecule has 0 aliphatic rings. The second kappa shape index (κ2) is 7.47. The van der Waals surface area contributed by atoms with Crippen molar-refractivity contribution in [2.24, 2.45) is 5.73 Å². The summed E-state index contributed by atoms with van der Waals surface area (Å²) in [7, 11) is 3.40. The van der Waals surface area contributed by atoms with E-state index in [1.807, 2.05) is 21.0 Å². The molecule has 0 aromatic heterocycles. The molecule has 13 heavy (non-hydrogen) atoms. The average Bonchev–Trinajstić information content (AvgIpc) is 2.00. The fraction of sp³-hybridized carbons (Fsp3) is 1.00. The highest BCUT2D eigenvalue weighted by molar-refractivity contribution is 7.84. The maximum Gasteiger partial charge on any atom is 0.0249 e. The summed E-state index contributed by atoms with van der Waals surface area (Å²) in [5.74, 6) is 1.57. The van der Waals surface area contributed by atoms with Gasteiger partial charge in [0.05, 0.1) is 0 Å². The molecular weight excluding hydrogens is 184 g/mol. The van der Waals surface area contributed by atoms with E-state index in [0.717, 1.165) is 30.9 Å². The quantitative estimate of drug-likeness (QED) is 0.657. The molecule has 0 aromatic carbocycles. The Balaban J connectivity index is 3.30. The van der Waals surface area contributed by atoms with E-state index >= 15 is 0 Å². The Hall–Kier alpha value is 0.0700. The van der Waals surface area contributed by atoms with E-state index in [2.05, 4.69) is 4.90 Å². The molecule has 0 aromatic rings. The molecule has 80 valence electrons. The predicted octanol–water partition coefficient (Wildman–Crippen LogP) is 0.424. The highest BCUT2D eigenvalue weighted by Crippen LogP contribution is 1.94. The molecule has 0 rings (SSSR count). The lowest BCUT2D eigenvalue weighted by atomic mass is 10.3. The summed E-state index contributed by atoms with van der Waals surface area (Å²) in [5.41, 5.74) is 5.57. The van der Waals surface area contributed by atoms with Crippen molar-refractivity contribution in [3.63, 3.8) is 0 Å². The van der Waals surface area contributed by atoms with Crippen molar-refractivity contribution in [2.45, 2.75) is 25.8 Å². The number of nitrogens with zero attached hydrogens (tertiary/aromatic N) is 1. The van der Waals surface area contributed by atoms with Gasteiger partial charge in [-0.05, 0) is 40.4 Å². The predicted molar refractivity (Wildman–Crippen MR) is 59.3 cm³/mol. The van der Waals surface area contributed by atoms with Gasteiger partial charge in [0.2, 0.25) is 0 Å². The van der Waals surface area contributed by atoms with Crippen molar-refractivity contribution < 1.29 is 4.21 Å². The SMILES string of the molecule is CC(N)CCS(=O)CCCN(C)C. The maximum absolute atomic E-state index is 11.4. The largest absolute Gasteiger partial charge is 0.328 e. The van der Waals surface area contributed by atoms with Crippen LogP contribution in [0.5, 0.6) is 0 Å². The number of hydrogen-bond acceptors (Lipinski definition) is 3. The number of hydrogen-bond donors (Lipinski definition) is 1. The highest BCUT2D eigenvalue weighted by Gasteiger charge is 2.02. The maximum atomic E-state index is 11.4. The summed E-state index contributed by atoms with van der Waals surface area (Å²) in [4.78, 5) is 2.11. The lowest BCUT2D eigenvalue weighted by molar-refractivity contribution is 0.409. The van der Waals surface area contributed by atoms with Gasteiger partial charge >= 0.3 is 0 Å². The van der Waals surface area contributed by atoms with E-state index in [4.69, 9.17) is 5.73 Å². The highest BCUT2D eigenvalue weighted by atomic mass is 32.2. The molecular formula is C9H22N2OS. The van der Waals surface area contributed by atoms with Crippen molar-refractivity contribution >= 4 is 10.8 Å². The van der Waals surface area contributed by atoms with Crippen molar-refractivity contribution in [3.8, 4) is 0 Å². The van der Waals surface area contributed by atoms with Crippen molar-refractivity contribution in [3.05, 3.63) is 0 Å². The van der Waals surface area contributed by atoms with E-state index < -0.39 is 10.8 Å². The van der Waals surface area contributed by atoms with Crippen LogP contribution in [0.2, 0.25) is 0 Å². The Labute approximate surface area is 84.1 Å². The summed E-state index contributed by atoms with van der Waals surface area (Å²) in [6, 6.07) is 0.179. The van der Waals surface area contributed by atoms with Crippen LogP contribution in [0.3, 0.4) is 0 Å². The first kappa shape index (κ1) is 13.1. The minimum absolute atomic E-state index is 0.179. The first-order chi connectivity index (χ1) is 6.02. The van der Waals surface area contributed by atoms with Crippen LogP contribution in [0.15, 0.2) is 0 Å². The van der Waals surface area contributed by atoms with Crippen LogP contribution in [0.4, 0.5) is 0 Å². The zero-order valence-electron chi connectivity index (χ0n) is 8.95. The Morgan fingerprint density at radius 2 is 2.00 bits per heavy atom. The van der Waals surface area contributed by atoms with E-state index in [1.54, 1.807) is 0 Å². The Morgan fingerprint density at radius 1 is 1.38 bits per heavy atom. The fourth-order valence-electron chi connectivity index (χ4n) is 0.961. The summed E-state index contributed by atoms with van der Waals surface area (Å²) < 4.78 is 11.4. The van der Waals surface area contributed by atoms with Crippen molar-refractivity contribution in [1.29, 1.82) is 0 Å². The minimum Gasteiger partial charge on any atom is -0.328 e. The van der Waals surface area contributed by atoms with Gasteiger partial charge in [-0.3, -0.25) is 4.21 Å². The fourth-order valence-corrected chi connectivity index (χ4v) is 2.25. The van der Waals surface area contributed by atoms with Gasteiger partial charge in [0, 0.05) is 28.3 Å². The monoisotopic (exact) mass is 206 g/mol. The van der Waals surface area contributed by atoms with Crippen LogP contribution >= 0.6 is 0 Å². The van der Waals surface area contributed by atoms with E-state index in [9.17, 15) is 4.21 Å². The molecule has 0 radical (unpaired) electrons. The molecule has 0 saturated heterocycles. The molecule has 0 saturated carbocycles. The third kappa shape index (κ3) is 9.99. The van der Waals surface area contributed by atoms with E-state index in [-0.39, 0.29) is 6.04 Å². The van der Waals surface area contributed by atoms with Gasteiger partial charge in [-0.25, -0.2) is 0 Å². The molecule has 0 amide bonds. The van der Waals surface area contributed by atoms with Crippen molar-refractivity contribution in [1.82, 2.24) is 4.90 Å². The zero-order valence-corrected chi connectivity index (χ0v) is 9.77. The smallest absolute Gasteiger partial charge is 0.0249 e. The van der Waals surface area contributed by atoms with Crippen molar-refractivity contribution in [2.75, 3.05) is 32.1 Å². The Bertz CT molecular complexity index is 149. The second-order valence-electron chi connectivity index (χ2n) is 3.77. The van der Waals surface area contributed by atoms with Gasteiger partial charge in [-0.15, -0.1) is 0 Å². The normalized spacial score (nSPS) is 16.1.